The lowest BCUT2D eigenvalue weighted by Gasteiger charge is -2.28. The summed E-state index contributed by atoms with van der Waals surface area (Å²) in [5.74, 6) is 2.03. The van der Waals surface area contributed by atoms with Crippen molar-refractivity contribution < 1.29 is 9.52 Å². The first-order valence-electron chi connectivity index (χ1n) is 8.07. The molecule has 1 aliphatic heterocycles. The van der Waals surface area contributed by atoms with Gasteiger partial charge in [-0.15, -0.1) is 10.2 Å². The van der Waals surface area contributed by atoms with Crippen LogP contribution in [0.2, 0.25) is 5.15 Å². The maximum absolute atomic E-state index is 10.5. The highest BCUT2D eigenvalue weighted by Gasteiger charge is 2.36. The number of nitrogens with zero attached hydrogens (tertiary/aromatic N) is 6. The van der Waals surface area contributed by atoms with E-state index < -0.39 is 6.10 Å². The van der Waals surface area contributed by atoms with Crippen molar-refractivity contribution >= 4 is 11.6 Å². The molecular formula is C15H23ClN6O2. The Kier molecular flexibility index (Phi) is 5.19. The molecule has 2 atom stereocenters. The zero-order chi connectivity index (χ0) is 17.3. The minimum Gasteiger partial charge on any atom is -0.424 e. The Balaban J connectivity index is 1.64. The third-order valence-corrected chi connectivity index (χ3v) is 4.86. The van der Waals surface area contributed by atoms with E-state index in [2.05, 4.69) is 31.9 Å². The normalized spacial score (nSPS) is 21.9. The molecule has 1 saturated heterocycles. The minimum absolute atomic E-state index is 0.0259. The maximum Gasteiger partial charge on any atom is 0.230 e. The molecule has 0 aromatic carbocycles. The summed E-state index contributed by atoms with van der Waals surface area (Å²) in [6, 6.07) is 0.0259. The van der Waals surface area contributed by atoms with E-state index in [1.807, 2.05) is 11.6 Å². The van der Waals surface area contributed by atoms with E-state index >= 15 is 0 Å². The average molecular weight is 355 g/mol. The molecule has 1 fully saturated rings. The van der Waals surface area contributed by atoms with Crippen LogP contribution in [0.25, 0.3) is 0 Å². The van der Waals surface area contributed by atoms with Crippen molar-refractivity contribution in [2.75, 3.05) is 19.6 Å². The Hall–Kier alpha value is -1.48. The van der Waals surface area contributed by atoms with Crippen LogP contribution in [0.5, 0.6) is 0 Å². The molecule has 0 radical (unpaired) electrons. The first-order chi connectivity index (χ1) is 11.5. The largest absolute Gasteiger partial charge is 0.424 e. The minimum atomic E-state index is -0.426. The van der Waals surface area contributed by atoms with Crippen LogP contribution in [0.15, 0.2) is 10.6 Å². The molecule has 1 N–H and O–H groups in total. The van der Waals surface area contributed by atoms with Crippen LogP contribution >= 0.6 is 11.6 Å². The van der Waals surface area contributed by atoms with Crippen LogP contribution in [-0.4, -0.2) is 66.4 Å². The summed E-state index contributed by atoms with van der Waals surface area (Å²) in [6.45, 7) is 7.20. The molecule has 2 aromatic heterocycles. The van der Waals surface area contributed by atoms with Crippen LogP contribution in [-0.2, 0) is 20.1 Å². The quantitative estimate of drug-likeness (QED) is 0.822. The van der Waals surface area contributed by atoms with E-state index in [1.54, 1.807) is 13.1 Å². The highest BCUT2D eigenvalue weighted by molar-refractivity contribution is 6.29. The van der Waals surface area contributed by atoms with E-state index in [-0.39, 0.29) is 6.04 Å². The van der Waals surface area contributed by atoms with Crippen molar-refractivity contribution in [2.45, 2.75) is 39.1 Å². The number of halogens is 1. The molecule has 2 aromatic rings. The molecular weight excluding hydrogens is 332 g/mol. The average Bonchev–Trinajstić information content (AvgIpc) is 3.21. The maximum atomic E-state index is 10.5. The zero-order valence-corrected chi connectivity index (χ0v) is 14.9. The molecule has 24 heavy (non-hydrogen) atoms. The number of hydrogen-bond donors (Lipinski definition) is 1. The number of aliphatic hydroxyl groups excluding tert-OH is 1. The highest BCUT2D eigenvalue weighted by atomic mass is 35.5. The molecule has 9 heteroatoms. The first kappa shape index (κ1) is 17.3. The van der Waals surface area contributed by atoms with Gasteiger partial charge in [0.15, 0.2) is 0 Å². The molecule has 1 aliphatic rings. The SMILES string of the molecule is CCN(Cc1nnc(C)o1)[C@@H]1CN(Cc2ncc(Cl)n2C)C[C@H]1O. The van der Waals surface area contributed by atoms with Crippen molar-refractivity contribution in [1.29, 1.82) is 0 Å². The number of imidazole rings is 1. The van der Waals surface area contributed by atoms with Gasteiger partial charge in [-0.1, -0.05) is 18.5 Å². The fourth-order valence-electron chi connectivity index (χ4n) is 3.14. The summed E-state index contributed by atoms with van der Waals surface area (Å²) in [7, 11) is 1.89. The zero-order valence-electron chi connectivity index (χ0n) is 14.2. The summed E-state index contributed by atoms with van der Waals surface area (Å²) >= 11 is 6.04. The van der Waals surface area contributed by atoms with Crippen molar-refractivity contribution in [3.63, 3.8) is 0 Å². The molecule has 8 nitrogen and oxygen atoms in total. The van der Waals surface area contributed by atoms with E-state index in [9.17, 15) is 5.11 Å². The van der Waals surface area contributed by atoms with E-state index in [1.165, 1.54) is 0 Å². The number of likely N-dealkylation sites (N-methyl/N-ethyl adjacent to an activating group) is 1. The summed E-state index contributed by atoms with van der Waals surface area (Å²) in [5.41, 5.74) is 0. The number of likely N-dealkylation sites (tertiary alicyclic amines) is 1. The van der Waals surface area contributed by atoms with Gasteiger partial charge in [-0.05, 0) is 6.54 Å². The Morgan fingerprint density at radius 3 is 2.79 bits per heavy atom. The number of β-amino-alcohol motifs (C(OH)–C–C–N with tert-alkyl or cyclic N) is 1. The predicted octanol–water partition coefficient (Wildman–Crippen LogP) is 0.832. The van der Waals surface area contributed by atoms with Crippen molar-refractivity contribution in [3.05, 3.63) is 29.0 Å². The Morgan fingerprint density at radius 2 is 2.21 bits per heavy atom. The van der Waals surface area contributed by atoms with Crippen LogP contribution in [0.1, 0.15) is 24.5 Å². The third kappa shape index (κ3) is 3.61. The second-order valence-electron chi connectivity index (χ2n) is 6.16. The van der Waals surface area contributed by atoms with Gasteiger partial charge in [0.05, 0.1) is 31.4 Å². The molecule has 0 bridgehead atoms. The monoisotopic (exact) mass is 354 g/mol. The number of aromatic nitrogens is 4. The van der Waals surface area contributed by atoms with Gasteiger partial charge in [-0.3, -0.25) is 9.80 Å². The van der Waals surface area contributed by atoms with Gasteiger partial charge in [-0.2, -0.15) is 0 Å². The second-order valence-corrected chi connectivity index (χ2v) is 6.55. The van der Waals surface area contributed by atoms with Gasteiger partial charge >= 0.3 is 0 Å². The van der Waals surface area contributed by atoms with Crippen LogP contribution in [0.3, 0.4) is 0 Å². The lowest BCUT2D eigenvalue weighted by Crippen LogP contribution is -2.42. The topological polar surface area (TPSA) is 83.5 Å². The molecule has 0 saturated carbocycles. The molecule has 0 aliphatic carbocycles. The second kappa shape index (κ2) is 7.18. The summed E-state index contributed by atoms with van der Waals surface area (Å²) in [5, 5.41) is 19.0. The van der Waals surface area contributed by atoms with Crippen molar-refractivity contribution in [2.24, 2.45) is 7.05 Å². The fraction of sp³-hybridized carbons (Fsp3) is 0.667. The number of hydrogen-bond acceptors (Lipinski definition) is 7. The van der Waals surface area contributed by atoms with Gasteiger partial charge in [0.2, 0.25) is 11.8 Å². The molecule has 3 rings (SSSR count). The predicted molar refractivity (Wildman–Crippen MR) is 88.4 cm³/mol. The summed E-state index contributed by atoms with van der Waals surface area (Å²) in [6.07, 6.45) is 1.22. The van der Waals surface area contributed by atoms with E-state index in [0.717, 1.165) is 18.9 Å². The molecule has 132 valence electrons. The first-order valence-corrected chi connectivity index (χ1v) is 8.45. The van der Waals surface area contributed by atoms with Crippen molar-refractivity contribution in [1.82, 2.24) is 29.5 Å². The van der Waals surface area contributed by atoms with Crippen molar-refractivity contribution in [3.8, 4) is 0 Å². The highest BCUT2D eigenvalue weighted by Crippen LogP contribution is 2.21. The smallest absolute Gasteiger partial charge is 0.230 e. The van der Waals surface area contributed by atoms with Crippen LogP contribution < -0.4 is 0 Å². The van der Waals surface area contributed by atoms with Gasteiger partial charge in [0.1, 0.15) is 11.0 Å². The van der Waals surface area contributed by atoms with Crippen LogP contribution in [0, 0.1) is 6.92 Å². The Bertz CT molecular complexity index is 687. The Morgan fingerprint density at radius 1 is 1.42 bits per heavy atom. The number of aliphatic hydroxyl groups is 1. The number of rotatable bonds is 6. The van der Waals surface area contributed by atoms with Crippen LogP contribution in [0.4, 0.5) is 0 Å². The molecule has 0 unspecified atom stereocenters. The molecule has 3 heterocycles. The summed E-state index contributed by atoms with van der Waals surface area (Å²) in [4.78, 5) is 8.69. The van der Waals surface area contributed by atoms with Gasteiger partial charge < -0.3 is 14.1 Å². The summed E-state index contributed by atoms with van der Waals surface area (Å²) < 4.78 is 7.33. The lowest BCUT2D eigenvalue weighted by molar-refractivity contribution is 0.0760. The van der Waals surface area contributed by atoms with Gasteiger partial charge in [0.25, 0.3) is 0 Å². The Labute approximate surface area is 146 Å². The van der Waals surface area contributed by atoms with Gasteiger partial charge in [-0.25, -0.2) is 4.98 Å². The lowest BCUT2D eigenvalue weighted by atomic mass is 10.2. The van der Waals surface area contributed by atoms with Gasteiger partial charge in [0, 0.05) is 27.1 Å². The fourth-order valence-corrected chi connectivity index (χ4v) is 3.29. The molecule has 0 amide bonds. The van der Waals surface area contributed by atoms with E-state index in [4.69, 9.17) is 16.0 Å². The van der Waals surface area contributed by atoms with E-state index in [0.29, 0.717) is 36.6 Å². The third-order valence-electron chi connectivity index (χ3n) is 4.51. The standard InChI is InChI=1S/C15H23ClN6O2/c1-4-22(9-15-19-18-10(2)24-15)11-6-21(7-12(11)23)8-14-17-5-13(16)20(14)3/h5,11-12,23H,4,6-9H2,1-3H3/t11-,12-/m1/s1. The number of aryl methyl sites for hydroxylation is 1. The molecule has 0 spiro atoms.